The highest BCUT2D eigenvalue weighted by molar-refractivity contribution is 9.10. The van der Waals surface area contributed by atoms with Gasteiger partial charge in [0.05, 0.1) is 0 Å². The van der Waals surface area contributed by atoms with Crippen LogP contribution in [0.5, 0.6) is 0 Å². The van der Waals surface area contributed by atoms with Gasteiger partial charge in [-0.05, 0) is 57.2 Å². The zero-order chi connectivity index (χ0) is 12.3. The van der Waals surface area contributed by atoms with Crippen molar-refractivity contribution in [1.82, 2.24) is 4.90 Å². The molecule has 1 aromatic carbocycles. The highest BCUT2D eigenvalue weighted by atomic mass is 79.9. The van der Waals surface area contributed by atoms with Gasteiger partial charge in [-0.15, -0.1) is 0 Å². The molecule has 17 heavy (non-hydrogen) atoms. The second kappa shape index (κ2) is 5.65. The summed E-state index contributed by atoms with van der Waals surface area (Å²) in [5.74, 6) is 0.315. The Morgan fingerprint density at radius 2 is 1.88 bits per heavy atom. The van der Waals surface area contributed by atoms with Crippen LogP contribution in [-0.4, -0.2) is 30.9 Å². The first kappa shape index (κ1) is 12.6. The number of likely N-dealkylation sites (tertiary alicyclic amines) is 1. The Hall–Kier alpha value is -0.870. The summed E-state index contributed by atoms with van der Waals surface area (Å²) in [5.41, 5.74) is 0.872. The second-order valence-electron chi connectivity index (χ2n) is 4.57. The van der Waals surface area contributed by atoms with E-state index in [0.717, 1.165) is 36.1 Å². The van der Waals surface area contributed by atoms with E-state index in [1.807, 2.05) is 24.3 Å². The minimum absolute atomic E-state index is 0.153. The highest BCUT2D eigenvalue weighted by Gasteiger charge is 2.23. The van der Waals surface area contributed by atoms with E-state index in [1.54, 1.807) is 0 Å². The van der Waals surface area contributed by atoms with E-state index in [0.29, 0.717) is 0 Å². The zero-order valence-corrected chi connectivity index (χ0v) is 11.5. The van der Waals surface area contributed by atoms with E-state index in [1.165, 1.54) is 0 Å². The molecule has 92 valence electrons. The van der Waals surface area contributed by atoms with Crippen LogP contribution in [0.25, 0.3) is 0 Å². The quantitative estimate of drug-likeness (QED) is 0.910. The molecule has 0 radical (unpaired) electrons. The monoisotopic (exact) mass is 296 g/mol. The van der Waals surface area contributed by atoms with Crippen molar-refractivity contribution in [2.24, 2.45) is 5.92 Å². The summed E-state index contributed by atoms with van der Waals surface area (Å²) >= 11 is 3.38. The number of benzene rings is 1. The van der Waals surface area contributed by atoms with Crippen molar-refractivity contribution >= 4 is 27.5 Å². The largest absolute Gasteiger partial charge is 0.326 e. The third-order valence-corrected chi connectivity index (χ3v) is 3.73. The van der Waals surface area contributed by atoms with E-state index >= 15 is 0 Å². The lowest BCUT2D eigenvalue weighted by Crippen LogP contribution is -2.35. The number of carbonyl (C=O) groups is 1. The molecule has 0 unspecified atom stereocenters. The highest BCUT2D eigenvalue weighted by Crippen LogP contribution is 2.19. The molecule has 1 aliphatic heterocycles. The number of hydrogen-bond acceptors (Lipinski definition) is 2. The van der Waals surface area contributed by atoms with Crippen molar-refractivity contribution in [3.05, 3.63) is 28.7 Å². The molecule has 1 aromatic rings. The van der Waals surface area contributed by atoms with Gasteiger partial charge < -0.3 is 10.2 Å². The SMILES string of the molecule is CN1CCC(C(=O)Nc2ccc(Br)cc2)CC1. The van der Waals surface area contributed by atoms with Gasteiger partial charge in [-0.25, -0.2) is 0 Å². The van der Waals surface area contributed by atoms with Crippen LogP contribution in [0, 0.1) is 5.92 Å². The van der Waals surface area contributed by atoms with E-state index in [2.05, 4.69) is 33.2 Å². The molecule has 0 spiro atoms. The smallest absolute Gasteiger partial charge is 0.227 e. The maximum atomic E-state index is 12.0. The van der Waals surface area contributed by atoms with Crippen LogP contribution >= 0.6 is 15.9 Å². The van der Waals surface area contributed by atoms with Crippen LogP contribution in [-0.2, 0) is 4.79 Å². The predicted molar refractivity (Wildman–Crippen MR) is 73.0 cm³/mol. The average Bonchev–Trinajstić information content (AvgIpc) is 2.33. The van der Waals surface area contributed by atoms with Crippen molar-refractivity contribution in [3.8, 4) is 0 Å². The number of nitrogens with zero attached hydrogens (tertiary/aromatic N) is 1. The summed E-state index contributed by atoms with van der Waals surface area (Å²) in [7, 11) is 2.10. The van der Waals surface area contributed by atoms with Gasteiger partial charge >= 0.3 is 0 Å². The Balaban J connectivity index is 1.90. The van der Waals surface area contributed by atoms with Crippen LogP contribution < -0.4 is 5.32 Å². The van der Waals surface area contributed by atoms with Gasteiger partial charge in [0.1, 0.15) is 0 Å². The average molecular weight is 297 g/mol. The molecule has 0 bridgehead atoms. The van der Waals surface area contributed by atoms with Gasteiger partial charge in [0.15, 0.2) is 0 Å². The Kier molecular flexibility index (Phi) is 4.18. The van der Waals surface area contributed by atoms with Crippen LogP contribution in [0.1, 0.15) is 12.8 Å². The zero-order valence-electron chi connectivity index (χ0n) is 9.95. The van der Waals surface area contributed by atoms with Crippen LogP contribution in [0.2, 0.25) is 0 Å². The third-order valence-electron chi connectivity index (χ3n) is 3.20. The minimum Gasteiger partial charge on any atom is -0.326 e. The Morgan fingerprint density at radius 3 is 2.47 bits per heavy atom. The number of hydrogen-bond donors (Lipinski definition) is 1. The third kappa shape index (κ3) is 3.54. The summed E-state index contributed by atoms with van der Waals surface area (Å²) < 4.78 is 1.02. The van der Waals surface area contributed by atoms with Crippen molar-refractivity contribution in [2.75, 3.05) is 25.5 Å². The normalized spacial score (nSPS) is 18.0. The van der Waals surface area contributed by atoms with Crippen molar-refractivity contribution in [2.45, 2.75) is 12.8 Å². The van der Waals surface area contributed by atoms with Gasteiger partial charge in [-0.1, -0.05) is 15.9 Å². The first-order valence-corrected chi connectivity index (χ1v) is 6.69. The molecule has 3 nitrogen and oxygen atoms in total. The van der Waals surface area contributed by atoms with Crippen molar-refractivity contribution in [3.63, 3.8) is 0 Å². The van der Waals surface area contributed by atoms with E-state index in [4.69, 9.17) is 0 Å². The van der Waals surface area contributed by atoms with Gasteiger partial charge in [-0.2, -0.15) is 0 Å². The molecule has 1 fully saturated rings. The lowest BCUT2D eigenvalue weighted by Gasteiger charge is -2.28. The topological polar surface area (TPSA) is 32.3 Å². The Bertz CT molecular complexity index is 383. The number of amides is 1. The Morgan fingerprint density at radius 1 is 1.29 bits per heavy atom. The molecule has 1 heterocycles. The van der Waals surface area contributed by atoms with Crippen molar-refractivity contribution in [1.29, 1.82) is 0 Å². The number of nitrogens with one attached hydrogen (secondary N) is 1. The standard InChI is InChI=1S/C13H17BrN2O/c1-16-8-6-10(7-9-16)13(17)15-12-4-2-11(14)3-5-12/h2-5,10H,6-9H2,1H3,(H,15,17). The summed E-state index contributed by atoms with van der Waals surface area (Å²) in [4.78, 5) is 14.3. The molecule has 1 aliphatic rings. The second-order valence-corrected chi connectivity index (χ2v) is 5.49. The molecule has 2 rings (SSSR count). The maximum Gasteiger partial charge on any atom is 0.227 e. The molecule has 1 amide bonds. The molecular formula is C13H17BrN2O. The molecule has 0 saturated carbocycles. The van der Waals surface area contributed by atoms with E-state index in [-0.39, 0.29) is 11.8 Å². The summed E-state index contributed by atoms with van der Waals surface area (Å²) in [6.45, 7) is 2.02. The van der Waals surface area contributed by atoms with Crippen LogP contribution in [0.15, 0.2) is 28.7 Å². The maximum absolute atomic E-state index is 12.0. The number of piperidine rings is 1. The summed E-state index contributed by atoms with van der Waals surface area (Å²) in [6, 6.07) is 7.70. The molecular weight excluding hydrogens is 280 g/mol. The summed E-state index contributed by atoms with van der Waals surface area (Å²) in [5, 5.41) is 2.98. The molecule has 0 atom stereocenters. The Labute approximate surface area is 110 Å². The van der Waals surface area contributed by atoms with E-state index < -0.39 is 0 Å². The summed E-state index contributed by atoms with van der Waals surface area (Å²) in [6.07, 6.45) is 1.91. The number of carbonyl (C=O) groups excluding carboxylic acids is 1. The number of halogens is 1. The van der Waals surface area contributed by atoms with Crippen molar-refractivity contribution < 1.29 is 4.79 Å². The van der Waals surface area contributed by atoms with Gasteiger partial charge in [0.2, 0.25) is 5.91 Å². The molecule has 4 heteroatoms. The van der Waals surface area contributed by atoms with Crippen LogP contribution in [0.4, 0.5) is 5.69 Å². The fraction of sp³-hybridized carbons (Fsp3) is 0.462. The first-order valence-electron chi connectivity index (χ1n) is 5.90. The van der Waals surface area contributed by atoms with Gasteiger partial charge in [0.25, 0.3) is 0 Å². The molecule has 0 aliphatic carbocycles. The molecule has 1 saturated heterocycles. The lowest BCUT2D eigenvalue weighted by atomic mass is 9.96. The number of rotatable bonds is 2. The fourth-order valence-corrected chi connectivity index (χ4v) is 2.31. The fourth-order valence-electron chi connectivity index (χ4n) is 2.05. The van der Waals surface area contributed by atoms with Crippen LogP contribution in [0.3, 0.4) is 0 Å². The number of anilines is 1. The van der Waals surface area contributed by atoms with E-state index in [9.17, 15) is 4.79 Å². The molecule has 1 N–H and O–H groups in total. The minimum atomic E-state index is 0.153. The van der Waals surface area contributed by atoms with Gasteiger partial charge in [-0.3, -0.25) is 4.79 Å². The predicted octanol–water partition coefficient (Wildman–Crippen LogP) is 2.73. The lowest BCUT2D eigenvalue weighted by molar-refractivity contribution is -0.121. The molecule has 0 aromatic heterocycles. The van der Waals surface area contributed by atoms with Gasteiger partial charge in [0, 0.05) is 16.1 Å². The first-order chi connectivity index (χ1) is 8.15.